The largest absolute Gasteiger partial charge is 0.465 e. The van der Waals surface area contributed by atoms with Gasteiger partial charge in [0.2, 0.25) is 0 Å². The highest BCUT2D eigenvalue weighted by atomic mass is 127. The molecule has 0 saturated carbocycles. The lowest BCUT2D eigenvalue weighted by atomic mass is 10.2. The molecule has 0 unspecified atom stereocenters. The van der Waals surface area contributed by atoms with E-state index in [0.717, 1.165) is 12.5 Å². The summed E-state index contributed by atoms with van der Waals surface area (Å²) in [5.41, 5.74) is 0.529. The van der Waals surface area contributed by atoms with Crippen molar-refractivity contribution in [3.63, 3.8) is 0 Å². The summed E-state index contributed by atoms with van der Waals surface area (Å²) < 4.78 is 7.23. The highest BCUT2D eigenvalue weighted by Gasteiger charge is 2.13. The molecule has 70 valence electrons. The van der Waals surface area contributed by atoms with Gasteiger partial charge in [-0.15, -0.1) is 0 Å². The van der Waals surface area contributed by atoms with E-state index in [1.54, 1.807) is 6.07 Å². The van der Waals surface area contributed by atoms with Gasteiger partial charge in [-0.3, -0.25) is 0 Å². The van der Waals surface area contributed by atoms with Crippen molar-refractivity contribution >= 4 is 60.4 Å². The summed E-state index contributed by atoms with van der Waals surface area (Å²) in [6.45, 7) is 0. The van der Waals surface area contributed by atoms with Crippen LogP contribution in [0.1, 0.15) is 10.4 Å². The molecule has 0 aliphatic rings. The van der Waals surface area contributed by atoms with Crippen LogP contribution in [0.15, 0.2) is 21.1 Å². The number of carbonyl (C=O) groups excluding carboxylic acids is 1. The molecule has 0 aliphatic carbocycles. The maximum Gasteiger partial charge on any atom is 0.339 e. The first-order chi connectivity index (χ1) is 6.06. The molecule has 0 atom stereocenters. The molecule has 1 aromatic rings. The normalized spacial score (nSPS) is 9.85. The standard InChI is InChI=1S/C8H5Br2IO2/c1-13-8(12)5-2-4(9)3-6(11)7(5)10/h2-3H,1H3. The summed E-state index contributed by atoms with van der Waals surface area (Å²) in [7, 11) is 1.36. The Bertz CT molecular complexity index is 352. The van der Waals surface area contributed by atoms with Crippen LogP contribution in [0.3, 0.4) is 0 Å². The van der Waals surface area contributed by atoms with E-state index >= 15 is 0 Å². The van der Waals surface area contributed by atoms with Crippen LogP contribution in [-0.2, 0) is 4.74 Å². The maximum atomic E-state index is 11.3. The molecule has 0 N–H and O–H groups in total. The second-order valence-electron chi connectivity index (χ2n) is 2.24. The first-order valence-electron chi connectivity index (χ1n) is 3.29. The zero-order chi connectivity index (χ0) is 10.0. The van der Waals surface area contributed by atoms with E-state index in [-0.39, 0.29) is 5.97 Å². The van der Waals surface area contributed by atoms with Crippen LogP contribution in [0.5, 0.6) is 0 Å². The van der Waals surface area contributed by atoms with Crippen molar-refractivity contribution in [1.29, 1.82) is 0 Å². The fourth-order valence-electron chi connectivity index (χ4n) is 0.814. The van der Waals surface area contributed by atoms with Crippen LogP contribution in [0.4, 0.5) is 0 Å². The van der Waals surface area contributed by atoms with Gasteiger partial charge in [0.25, 0.3) is 0 Å². The van der Waals surface area contributed by atoms with Gasteiger partial charge in [-0.2, -0.15) is 0 Å². The van der Waals surface area contributed by atoms with Crippen LogP contribution in [-0.4, -0.2) is 13.1 Å². The molecule has 0 aliphatic heterocycles. The minimum Gasteiger partial charge on any atom is -0.465 e. The molecule has 1 aromatic carbocycles. The van der Waals surface area contributed by atoms with Crippen molar-refractivity contribution in [3.8, 4) is 0 Å². The lowest BCUT2D eigenvalue weighted by Crippen LogP contribution is -2.03. The smallest absolute Gasteiger partial charge is 0.339 e. The predicted molar refractivity (Wildman–Crippen MR) is 65.9 cm³/mol. The number of halogens is 3. The fourth-order valence-corrected chi connectivity index (χ4v) is 2.72. The maximum absolute atomic E-state index is 11.3. The quantitative estimate of drug-likeness (QED) is 0.395. The average Bonchev–Trinajstić information content (AvgIpc) is 2.10. The molecule has 0 amide bonds. The van der Waals surface area contributed by atoms with Crippen molar-refractivity contribution in [3.05, 3.63) is 30.2 Å². The van der Waals surface area contributed by atoms with Crippen molar-refractivity contribution in [2.24, 2.45) is 0 Å². The van der Waals surface area contributed by atoms with Crippen LogP contribution in [0, 0.1) is 3.57 Å². The van der Waals surface area contributed by atoms with Crippen LogP contribution >= 0.6 is 54.5 Å². The first kappa shape index (κ1) is 11.5. The zero-order valence-electron chi connectivity index (χ0n) is 6.61. The molecule has 2 nitrogen and oxygen atoms in total. The third-order valence-corrected chi connectivity index (χ3v) is 4.30. The van der Waals surface area contributed by atoms with Crippen LogP contribution < -0.4 is 0 Å². The summed E-state index contributed by atoms with van der Waals surface area (Å²) in [6, 6.07) is 3.63. The molecular formula is C8H5Br2IO2. The number of carbonyl (C=O) groups is 1. The van der Waals surface area contributed by atoms with Crippen LogP contribution in [0.25, 0.3) is 0 Å². The van der Waals surface area contributed by atoms with E-state index in [1.165, 1.54) is 7.11 Å². The monoisotopic (exact) mass is 418 g/mol. The Morgan fingerprint density at radius 1 is 1.46 bits per heavy atom. The molecule has 1 rings (SSSR count). The first-order valence-corrected chi connectivity index (χ1v) is 5.95. The van der Waals surface area contributed by atoms with Crippen molar-refractivity contribution in [1.82, 2.24) is 0 Å². The van der Waals surface area contributed by atoms with Gasteiger partial charge in [-0.1, -0.05) is 15.9 Å². The molecule has 0 radical (unpaired) electrons. The third kappa shape index (κ3) is 2.66. The van der Waals surface area contributed by atoms with E-state index in [0.29, 0.717) is 5.56 Å². The van der Waals surface area contributed by atoms with Crippen molar-refractivity contribution in [2.75, 3.05) is 7.11 Å². The second kappa shape index (κ2) is 4.75. The Morgan fingerprint density at radius 2 is 2.08 bits per heavy atom. The molecule has 13 heavy (non-hydrogen) atoms. The summed E-state index contributed by atoms with van der Waals surface area (Å²) in [6.07, 6.45) is 0. The molecule has 0 spiro atoms. The Labute approximate surface area is 106 Å². The van der Waals surface area contributed by atoms with Gasteiger partial charge in [0, 0.05) is 12.5 Å². The van der Waals surface area contributed by atoms with E-state index < -0.39 is 0 Å². The number of esters is 1. The van der Waals surface area contributed by atoms with E-state index in [4.69, 9.17) is 0 Å². The highest BCUT2D eigenvalue weighted by molar-refractivity contribution is 14.1. The molecular weight excluding hydrogens is 415 g/mol. The number of rotatable bonds is 1. The Balaban J connectivity index is 3.28. The van der Waals surface area contributed by atoms with Gasteiger partial charge < -0.3 is 4.74 Å². The molecule has 0 saturated heterocycles. The van der Waals surface area contributed by atoms with Gasteiger partial charge >= 0.3 is 5.97 Å². The molecule has 0 aromatic heterocycles. The molecule has 5 heteroatoms. The number of methoxy groups -OCH3 is 1. The number of hydrogen-bond donors (Lipinski definition) is 0. The van der Waals surface area contributed by atoms with Crippen LogP contribution in [0.2, 0.25) is 0 Å². The van der Waals surface area contributed by atoms with Gasteiger partial charge in [0.15, 0.2) is 0 Å². The minimum atomic E-state index is -0.342. The summed E-state index contributed by atoms with van der Waals surface area (Å²) in [4.78, 5) is 11.3. The lowest BCUT2D eigenvalue weighted by molar-refractivity contribution is 0.0599. The Morgan fingerprint density at radius 3 is 2.62 bits per heavy atom. The second-order valence-corrected chi connectivity index (χ2v) is 5.11. The van der Waals surface area contributed by atoms with Gasteiger partial charge in [0.1, 0.15) is 0 Å². The Hall–Kier alpha value is 0.380. The minimum absolute atomic E-state index is 0.342. The van der Waals surface area contributed by atoms with E-state index in [2.05, 4.69) is 59.2 Å². The molecule has 0 bridgehead atoms. The number of ether oxygens (including phenoxy) is 1. The zero-order valence-corrected chi connectivity index (χ0v) is 11.9. The SMILES string of the molecule is COC(=O)c1cc(Br)cc(I)c1Br. The third-order valence-electron chi connectivity index (χ3n) is 1.40. The molecule has 0 fully saturated rings. The lowest BCUT2D eigenvalue weighted by Gasteiger charge is -2.04. The van der Waals surface area contributed by atoms with Gasteiger partial charge in [-0.25, -0.2) is 4.79 Å². The number of hydrogen-bond acceptors (Lipinski definition) is 2. The average molecular weight is 420 g/mol. The Kier molecular flexibility index (Phi) is 4.18. The van der Waals surface area contributed by atoms with Gasteiger partial charge in [-0.05, 0) is 50.7 Å². The van der Waals surface area contributed by atoms with Gasteiger partial charge in [0.05, 0.1) is 12.7 Å². The van der Waals surface area contributed by atoms with E-state index in [1.807, 2.05) is 6.07 Å². The fraction of sp³-hybridized carbons (Fsp3) is 0.125. The summed E-state index contributed by atoms with van der Waals surface area (Å²) in [5.74, 6) is -0.342. The van der Waals surface area contributed by atoms with Crippen molar-refractivity contribution in [2.45, 2.75) is 0 Å². The topological polar surface area (TPSA) is 26.3 Å². The number of benzene rings is 1. The summed E-state index contributed by atoms with van der Waals surface area (Å²) in [5, 5.41) is 0. The highest BCUT2D eigenvalue weighted by Crippen LogP contribution is 2.28. The summed E-state index contributed by atoms with van der Waals surface area (Å²) >= 11 is 8.78. The predicted octanol–water partition coefficient (Wildman–Crippen LogP) is 3.60. The van der Waals surface area contributed by atoms with Crippen molar-refractivity contribution < 1.29 is 9.53 Å². The molecule has 0 heterocycles. The van der Waals surface area contributed by atoms with E-state index in [9.17, 15) is 4.79 Å².